The third-order valence-electron chi connectivity index (χ3n) is 3.50. The molecule has 2 aliphatic heterocycles. The summed E-state index contributed by atoms with van der Waals surface area (Å²) in [6.07, 6.45) is -0.226. The number of nitrogens with zero attached hydrogens (tertiary/aromatic N) is 2. The van der Waals surface area contributed by atoms with E-state index >= 15 is 0 Å². The van der Waals surface area contributed by atoms with Crippen LogP contribution in [-0.4, -0.2) is 60.3 Å². The van der Waals surface area contributed by atoms with Gasteiger partial charge in [-0.25, -0.2) is 4.79 Å². The molecule has 0 saturated carbocycles. The second-order valence-electron chi connectivity index (χ2n) is 6.25. The molecule has 0 aromatic heterocycles. The van der Waals surface area contributed by atoms with Crippen molar-refractivity contribution in [3.63, 3.8) is 0 Å². The summed E-state index contributed by atoms with van der Waals surface area (Å²) in [5, 5.41) is 0. The minimum atomic E-state index is -0.441. The van der Waals surface area contributed by atoms with Gasteiger partial charge in [-0.05, 0) is 27.8 Å². The Labute approximate surface area is 103 Å². The van der Waals surface area contributed by atoms with Gasteiger partial charge in [-0.3, -0.25) is 0 Å². The number of nitrogens with two attached hydrogens (primary N) is 1. The second-order valence-corrected chi connectivity index (χ2v) is 6.25. The largest absolute Gasteiger partial charge is 0.444 e. The van der Waals surface area contributed by atoms with Crippen molar-refractivity contribution >= 4 is 6.09 Å². The fraction of sp³-hybridized carbons (Fsp3) is 0.917. The van der Waals surface area contributed by atoms with Gasteiger partial charge in [-0.2, -0.15) is 0 Å². The molecule has 0 spiro atoms. The number of ether oxygens (including phenoxy) is 1. The Hall–Kier alpha value is -0.810. The number of likely N-dealkylation sites (tertiary alicyclic amines) is 2. The number of hydrogen-bond donors (Lipinski definition) is 1. The lowest BCUT2D eigenvalue weighted by atomic mass is 10.0. The van der Waals surface area contributed by atoms with Gasteiger partial charge in [0.2, 0.25) is 0 Å². The van der Waals surface area contributed by atoms with Crippen molar-refractivity contribution in [2.45, 2.75) is 38.5 Å². The normalized spacial score (nSPS) is 33.9. The quantitative estimate of drug-likeness (QED) is 0.671. The van der Waals surface area contributed by atoms with E-state index in [4.69, 9.17) is 10.5 Å². The lowest BCUT2D eigenvalue weighted by molar-refractivity contribution is 0.0218. The van der Waals surface area contributed by atoms with Gasteiger partial charge in [0.15, 0.2) is 0 Å². The molecule has 2 rings (SSSR count). The maximum Gasteiger partial charge on any atom is 0.410 e. The minimum Gasteiger partial charge on any atom is -0.444 e. The summed E-state index contributed by atoms with van der Waals surface area (Å²) in [4.78, 5) is 16.1. The van der Waals surface area contributed by atoms with Crippen molar-refractivity contribution in [3.8, 4) is 0 Å². The van der Waals surface area contributed by atoms with Crippen LogP contribution in [0.5, 0.6) is 0 Å². The average molecular weight is 241 g/mol. The number of rotatable bonds is 0. The van der Waals surface area contributed by atoms with Crippen molar-refractivity contribution in [2.24, 2.45) is 11.7 Å². The first kappa shape index (κ1) is 12.6. The maximum absolute atomic E-state index is 12.1. The number of amides is 1. The van der Waals surface area contributed by atoms with Gasteiger partial charge in [0.25, 0.3) is 0 Å². The van der Waals surface area contributed by atoms with Crippen LogP contribution in [0.25, 0.3) is 0 Å². The molecular formula is C12H23N3O2. The lowest BCUT2D eigenvalue weighted by Gasteiger charge is -2.28. The van der Waals surface area contributed by atoms with Crippen LogP contribution >= 0.6 is 0 Å². The Morgan fingerprint density at radius 2 is 1.94 bits per heavy atom. The maximum atomic E-state index is 12.1. The van der Waals surface area contributed by atoms with Crippen LogP contribution in [0.2, 0.25) is 0 Å². The van der Waals surface area contributed by atoms with Crippen LogP contribution in [0, 0.1) is 5.92 Å². The Kier molecular flexibility index (Phi) is 3.08. The summed E-state index contributed by atoms with van der Waals surface area (Å²) in [6.45, 7) is 8.16. The standard InChI is InChI=1S/C12H23N3O2/c1-12(2,3)17-11(16)15-6-9(13)8-5-14(4)7-10(8)15/h8-10H,5-7,13H2,1-4H3. The first-order chi connectivity index (χ1) is 7.78. The molecule has 0 bridgehead atoms. The second kappa shape index (κ2) is 4.14. The van der Waals surface area contributed by atoms with Crippen LogP contribution in [0.15, 0.2) is 0 Å². The predicted molar refractivity (Wildman–Crippen MR) is 65.7 cm³/mol. The van der Waals surface area contributed by atoms with E-state index in [-0.39, 0.29) is 18.2 Å². The molecule has 2 saturated heterocycles. The average Bonchev–Trinajstić information content (AvgIpc) is 2.63. The number of carbonyl (C=O) groups is 1. The smallest absolute Gasteiger partial charge is 0.410 e. The molecule has 3 unspecified atom stereocenters. The Balaban J connectivity index is 2.05. The highest BCUT2D eigenvalue weighted by Crippen LogP contribution is 2.31. The number of likely N-dealkylation sites (N-methyl/N-ethyl adjacent to an activating group) is 1. The van der Waals surface area contributed by atoms with E-state index in [2.05, 4.69) is 11.9 Å². The highest BCUT2D eigenvalue weighted by molar-refractivity contribution is 5.69. The van der Waals surface area contributed by atoms with Gasteiger partial charge in [0.1, 0.15) is 5.60 Å². The molecule has 2 heterocycles. The highest BCUT2D eigenvalue weighted by Gasteiger charge is 2.47. The Bertz CT molecular complexity index is 313. The monoisotopic (exact) mass is 241 g/mol. The van der Waals surface area contributed by atoms with Crippen molar-refractivity contribution in [1.82, 2.24) is 9.80 Å². The number of fused-ring (bicyclic) bond motifs is 1. The van der Waals surface area contributed by atoms with E-state index in [0.29, 0.717) is 12.5 Å². The van der Waals surface area contributed by atoms with Crippen molar-refractivity contribution in [3.05, 3.63) is 0 Å². The first-order valence-electron chi connectivity index (χ1n) is 6.21. The lowest BCUT2D eigenvalue weighted by Crippen LogP contribution is -2.42. The third kappa shape index (κ3) is 2.55. The summed E-state index contributed by atoms with van der Waals surface area (Å²) in [6, 6.07) is 0.308. The number of carbonyl (C=O) groups excluding carboxylic acids is 1. The first-order valence-corrected chi connectivity index (χ1v) is 6.21. The van der Waals surface area contributed by atoms with Gasteiger partial charge in [0, 0.05) is 31.6 Å². The minimum absolute atomic E-state index is 0.0810. The van der Waals surface area contributed by atoms with E-state index in [1.54, 1.807) is 0 Å². The van der Waals surface area contributed by atoms with Gasteiger partial charge in [-0.15, -0.1) is 0 Å². The fourth-order valence-electron chi connectivity index (χ4n) is 2.79. The number of hydrogen-bond acceptors (Lipinski definition) is 4. The molecule has 5 heteroatoms. The van der Waals surface area contributed by atoms with Crippen LogP contribution in [0.1, 0.15) is 20.8 Å². The third-order valence-corrected chi connectivity index (χ3v) is 3.50. The zero-order valence-electron chi connectivity index (χ0n) is 11.1. The van der Waals surface area contributed by atoms with E-state index in [9.17, 15) is 4.79 Å². The fourth-order valence-corrected chi connectivity index (χ4v) is 2.79. The van der Waals surface area contributed by atoms with E-state index in [1.807, 2.05) is 25.7 Å². The van der Waals surface area contributed by atoms with Gasteiger partial charge < -0.3 is 20.3 Å². The SMILES string of the molecule is CN1CC2C(N)CN(C(=O)OC(C)(C)C)C2C1. The summed E-state index contributed by atoms with van der Waals surface area (Å²) in [5.41, 5.74) is 5.66. The molecule has 98 valence electrons. The topological polar surface area (TPSA) is 58.8 Å². The van der Waals surface area contributed by atoms with Crippen LogP contribution < -0.4 is 5.73 Å². The molecule has 2 N–H and O–H groups in total. The summed E-state index contributed by atoms with van der Waals surface area (Å²) >= 11 is 0. The Morgan fingerprint density at radius 3 is 2.53 bits per heavy atom. The molecule has 0 radical (unpaired) electrons. The molecule has 17 heavy (non-hydrogen) atoms. The van der Waals surface area contributed by atoms with Gasteiger partial charge in [0.05, 0.1) is 6.04 Å². The molecule has 0 aromatic rings. The van der Waals surface area contributed by atoms with Gasteiger partial charge in [-0.1, -0.05) is 0 Å². The molecule has 5 nitrogen and oxygen atoms in total. The molecule has 2 fully saturated rings. The van der Waals surface area contributed by atoms with E-state index in [0.717, 1.165) is 13.1 Å². The molecule has 0 aliphatic carbocycles. The zero-order valence-corrected chi connectivity index (χ0v) is 11.1. The van der Waals surface area contributed by atoms with Crippen molar-refractivity contribution in [2.75, 3.05) is 26.7 Å². The summed E-state index contributed by atoms with van der Waals surface area (Å²) in [7, 11) is 2.07. The zero-order chi connectivity index (χ0) is 12.8. The van der Waals surface area contributed by atoms with Crippen LogP contribution in [0.3, 0.4) is 0 Å². The van der Waals surface area contributed by atoms with Crippen molar-refractivity contribution in [1.29, 1.82) is 0 Å². The molecule has 3 atom stereocenters. The van der Waals surface area contributed by atoms with Crippen LogP contribution in [-0.2, 0) is 4.74 Å². The summed E-state index contributed by atoms with van der Waals surface area (Å²) in [5.74, 6) is 0.396. The summed E-state index contributed by atoms with van der Waals surface area (Å²) < 4.78 is 5.43. The van der Waals surface area contributed by atoms with Crippen LogP contribution in [0.4, 0.5) is 4.79 Å². The van der Waals surface area contributed by atoms with Crippen molar-refractivity contribution < 1.29 is 9.53 Å². The van der Waals surface area contributed by atoms with E-state index < -0.39 is 5.60 Å². The molecular weight excluding hydrogens is 218 g/mol. The molecule has 2 aliphatic rings. The highest BCUT2D eigenvalue weighted by atomic mass is 16.6. The van der Waals surface area contributed by atoms with E-state index in [1.165, 1.54) is 0 Å². The van der Waals surface area contributed by atoms with Gasteiger partial charge >= 0.3 is 6.09 Å². The molecule has 1 amide bonds. The predicted octanol–water partition coefficient (Wildman–Crippen LogP) is 0.495. The molecule has 0 aromatic carbocycles. The Morgan fingerprint density at radius 1 is 1.29 bits per heavy atom.